The summed E-state index contributed by atoms with van der Waals surface area (Å²) in [7, 11) is 0. The molecule has 6 heteroatoms. The van der Waals surface area contributed by atoms with Crippen molar-refractivity contribution in [3.8, 4) is 0 Å². The number of amides is 1. The van der Waals surface area contributed by atoms with Crippen LogP contribution < -0.4 is 11.3 Å². The van der Waals surface area contributed by atoms with E-state index in [0.29, 0.717) is 13.0 Å². The Morgan fingerprint density at radius 1 is 1.24 bits per heavy atom. The van der Waals surface area contributed by atoms with Crippen LogP contribution >= 0.6 is 15.9 Å². The second-order valence-electron chi connectivity index (χ2n) is 4.39. The van der Waals surface area contributed by atoms with Crippen molar-refractivity contribution >= 4 is 27.9 Å². The number of nitrogens with two attached hydrogens (primary N) is 1. The average Bonchev–Trinajstić information content (AvgIpc) is 2.47. The first-order valence-corrected chi connectivity index (χ1v) is 7.15. The minimum Gasteiger partial charge on any atom is -0.364 e. The highest BCUT2D eigenvalue weighted by molar-refractivity contribution is 9.10. The molecule has 0 saturated heterocycles. The lowest BCUT2D eigenvalue weighted by Gasteiger charge is -2.03. The first-order chi connectivity index (χ1) is 10.1. The van der Waals surface area contributed by atoms with Crippen LogP contribution in [0, 0.1) is 0 Å². The maximum absolute atomic E-state index is 11.6. The van der Waals surface area contributed by atoms with Gasteiger partial charge in [0.2, 0.25) is 0 Å². The molecule has 0 spiro atoms. The highest BCUT2D eigenvalue weighted by atomic mass is 79.9. The molecular formula is C15H14BrN3O2. The Labute approximate surface area is 130 Å². The fraction of sp³-hybridized carbons (Fsp3) is 0.133. The summed E-state index contributed by atoms with van der Waals surface area (Å²) in [6.07, 6.45) is 4.55. The third-order valence-electron chi connectivity index (χ3n) is 2.81. The zero-order valence-electron chi connectivity index (χ0n) is 11.2. The SMILES string of the molecule is NC(=O)c1ccc(=O)n(CC/C=C/c2ccc(Br)cc2)n1. The summed E-state index contributed by atoms with van der Waals surface area (Å²) >= 11 is 3.38. The Balaban J connectivity index is 2.00. The van der Waals surface area contributed by atoms with Crippen molar-refractivity contribution in [2.45, 2.75) is 13.0 Å². The number of benzene rings is 1. The first-order valence-electron chi connectivity index (χ1n) is 6.36. The lowest BCUT2D eigenvalue weighted by atomic mass is 10.2. The summed E-state index contributed by atoms with van der Waals surface area (Å²) < 4.78 is 2.27. The summed E-state index contributed by atoms with van der Waals surface area (Å²) in [5.41, 5.74) is 6.05. The summed E-state index contributed by atoms with van der Waals surface area (Å²) in [5, 5.41) is 3.92. The number of carbonyl (C=O) groups excluding carboxylic acids is 1. The van der Waals surface area contributed by atoms with Gasteiger partial charge in [0.25, 0.3) is 11.5 Å². The molecule has 0 aliphatic heterocycles. The van der Waals surface area contributed by atoms with Crippen molar-refractivity contribution in [1.29, 1.82) is 0 Å². The van der Waals surface area contributed by atoms with E-state index in [9.17, 15) is 9.59 Å². The molecule has 2 N–H and O–H groups in total. The van der Waals surface area contributed by atoms with Crippen LogP contribution in [0.15, 0.2) is 51.7 Å². The molecule has 0 bridgehead atoms. The van der Waals surface area contributed by atoms with E-state index in [1.165, 1.54) is 16.8 Å². The minimum absolute atomic E-state index is 0.0893. The molecule has 0 radical (unpaired) electrons. The summed E-state index contributed by atoms with van der Waals surface area (Å²) in [4.78, 5) is 22.6. The molecule has 0 aliphatic rings. The van der Waals surface area contributed by atoms with Gasteiger partial charge in [-0.1, -0.05) is 40.2 Å². The Morgan fingerprint density at radius 3 is 2.62 bits per heavy atom. The van der Waals surface area contributed by atoms with Gasteiger partial charge in [-0.15, -0.1) is 0 Å². The zero-order chi connectivity index (χ0) is 15.2. The van der Waals surface area contributed by atoms with Crippen molar-refractivity contribution < 1.29 is 4.79 Å². The fourth-order valence-corrected chi connectivity index (χ4v) is 1.99. The second kappa shape index (κ2) is 6.99. The highest BCUT2D eigenvalue weighted by Crippen LogP contribution is 2.11. The van der Waals surface area contributed by atoms with Crippen LogP contribution in [0.5, 0.6) is 0 Å². The summed E-state index contributed by atoms with van der Waals surface area (Å²) in [6.45, 7) is 0.396. The van der Waals surface area contributed by atoms with Gasteiger partial charge in [-0.3, -0.25) is 9.59 Å². The standard InChI is InChI=1S/C15H14BrN3O2/c16-12-6-4-11(5-7-12)3-1-2-10-19-14(20)9-8-13(18-19)15(17)21/h1,3-9H,2,10H2,(H2,17,21)/b3-1+. The number of carbonyl (C=O) groups is 1. The molecule has 0 unspecified atom stereocenters. The van der Waals surface area contributed by atoms with E-state index in [4.69, 9.17) is 5.73 Å². The van der Waals surface area contributed by atoms with Crippen LogP contribution in [0.4, 0.5) is 0 Å². The van der Waals surface area contributed by atoms with Gasteiger partial charge in [-0.05, 0) is 30.2 Å². The molecule has 1 heterocycles. The van der Waals surface area contributed by atoms with Crippen LogP contribution in [0.25, 0.3) is 6.08 Å². The molecule has 0 atom stereocenters. The Morgan fingerprint density at radius 2 is 1.95 bits per heavy atom. The molecule has 0 fully saturated rings. The normalized spacial score (nSPS) is 10.9. The fourth-order valence-electron chi connectivity index (χ4n) is 1.73. The molecule has 0 saturated carbocycles. The molecule has 1 amide bonds. The van der Waals surface area contributed by atoms with Gasteiger partial charge in [0.1, 0.15) is 5.69 Å². The predicted molar refractivity (Wildman–Crippen MR) is 84.8 cm³/mol. The van der Waals surface area contributed by atoms with Gasteiger partial charge < -0.3 is 5.73 Å². The highest BCUT2D eigenvalue weighted by Gasteiger charge is 2.04. The van der Waals surface area contributed by atoms with Crippen molar-refractivity contribution in [3.63, 3.8) is 0 Å². The van der Waals surface area contributed by atoms with Crippen molar-refractivity contribution in [3.05, 3.63) is 68.6 Å². The maximum Gasteiger partial charge on any atom is 0.269 e. The number of halogens is 1. The number of hydrogen-bond acceptors (Lipinski definition) is 3. The van der Waals surface area contributed by atoms with Gasteiger partial charge >= 0.3 is 0 Å². The van der Waals surface area contributed by atoms with Crippen molar-refractivity contribution in [2.75, 3.05) is 0 Å². The Bertz CT molecular complexity index is 720. The average molecular weight is 348 g/mol. The van der Waals surface area contributed by atoms with E-state index in [1.807, 2.05) is 36.4 Å². The molecule has 2 rings (SSSR count). The third-order valence-corrected chi connectivity index (χ3v) is 3.34. The molecular weight excluding hydrogens is 334 g/mol. The molecule has 1 aromatic carbocycles. The number of primary amides is 1. The van der Waals surface area contributed by atoms with Crippen molar-refractivity contribution in [1.82, 2.24) is 9.78 Å². The van der Waals surface area contributed by atoms with Crippen LogP contribution in [0.1, 0.15) is 22.5 Å². The topological polar surface area (TPSA) is 78.0 Å². The molecule has 5 nitrogen and oxygen atoms in total. The van der Waals surface area contributed by atoms with Gasteiger partial charge in [-0.2, -0.15) is 5.10 Å². The lowest BCUT2D eigenvalue weighted by molar-refractivity contribution is 0.0993. The molecule has 21 heavy (non-hydrogen) atoms. The number of aryl methyl sites for hydroxylation is 1. The Kier molecular flexibility index (Phi) is 5.05. The van der Waals surface area contributed by atoms with E-state index in [2.05, 4.69) is 21.0 Å². The maximum atomic E-state index is 11.6. The summed E-state index contributed by atoms with van der Waals surface area (Å²) in [5.74, 6) is -0.644. The van der Waals surface area contributed by atoms with E-state index in [0.717, 1.165) is 10.0 Å². The lowest BCUT2D eigenvalue weighted by Crippen LogP contribution is -2.26. The van der Waals surface area contributed by atoms with Crippen LogP contribution in [-0.2, 0) is 6.54 Å². The molecule has 2 aromatic rings. The van der Waals surface area contributed by atoms with Crippen LogP contribution in [-0.4, -0.2) is 15.7 Å². The van der Waals surface area contributed by atoms with E-state index < -0.39 is 5.91 Å². The number of rotatable bonds is 5. The molecule has 1 aromatic heterocycles. The zero-order valence-corrected chi connectivity index (χ0v) is 12.8. The number of hydrogen-bond donors (Lipinski definition) is 1. The monoisotopic (exact) mass is 347 g/mol. The van der Waals surface area contributed by atoms with Crippen LogP contribution in [0.2, 0.25) is 0 Å². The molecule has 0 aliphatic carbocycles. The predicted octanol–water partition coefficient (Wildman–Crippen LogP) is 2.21. The van der Waals surface area contributed by atoms with Crippen molar-refractivity contribution in [2.24, 2.45) is 5.73 Å². The van der Waals surface area contributed by atoms with Gasteiger partial charge in [0.05, 0.1) is 0 Å². The van der Waals surface area contributed by atoms with Gasteiger partial charge in [-0.25, -0.2) is 4.68 Å². The smallest absolute Gasteiger partial charge is 0.269 e. The van der Waals surface area contributed by atoms with E-state index >= 15 is 0 Å². The third kappa shape index (κ3) is 4.39. The number of nitrogens with zero attached hydrogens (tertiary/aromatic N) is 2. The largest absolute Gasteiger partial charge is 0.364 e. The minimum atomic E-state index is -0.644. The summed E-state index contributed by atoms with van der Waals surface area (Å²) in [6, 6.07) is 10.5. The quantitative estimate of drug-likeness (QED) is 0.900. The Hall–Kier alpha value is -2.21. The van der Waals surface area contributed by atoms with E-state index in [-0.39, 0.29) is 11.3 Å². The first kappa shape index (κ1) is 15.2. The number of aromatic nitrogens is 2. The van der Waals surface area contributed by atoms with Gasteiger partial charge in [0.15, 0.2) is 0 Å². The number of allylic oxidation sites excluding steroid dienone is 1. The van der Waals surface area contributed by atoms with Gasteiger partial charge in [0, 0.05) is 17.1 Å². The van der Waals surface area contributed by atoms with E-state index in [1.54, 1.807) is 0 Å². The van der Waals surface area contributed by atoms with Crippen LogP contribution in [0.3, 0.4) is 0 Å². The second-order valence-corrected chi connectivity index (χ2v) is 5.30. The molecule has 108 valence electrons.